The summed E-state index contributed by atoms with van der Waals surface area (Å²) in [6, 6.07) is 7.88. The van der Waals surface area contributed by atoms with Crippen LogP contribution in [0, 0.1) is 5.92 Å². The highest BCUT2D eigenvalue weighted by Gasteiger charge is 2.33. The predicted molar refractivity (Wildman–Crippen MR) is 124 cm³/mol. The number of likely N-dealkylation sites (tertiary alicyclic amines) is 1. The minimum Gasteiger partial charge on any atom is -0.459 e. The summed E-state index contributed by atoms with van der Waals surface area (Å²) < 4.78 is 5.36. The van der Waals surface area contributed by atoms with Gasteiger partial charge in [0.05, 0.1) is 12.3 Å². The summed E-state index contributed by atoms with van der Waals surface area (Å²) in [6.07, 6.45) is 12.4. The molecule has 3 aromatic heterocycles. The lowest BCUT2D eigenvalue weighted by Gasteiger charge is -2.38. The van der Waals surface area contributed by atoms with Crippen LogP contribution in [0.4, 0.5) is 5.00 Å². The average molecular weight is 436 g/mol. The number of amides is 1. The summed E-state index contributed by atoms with van der Waals surface area (Å²) in [5.74, 6) is 0.944. The van der Waals surface area contributed by atoms with Crippen molar-refractivity contribution in [1.82, 2.24) is 9.88 Å². The van der Waals surface area contributed by atoms with Crippen LogP contribution in [0.25, 0.3) is 0 Å². The van der Waals surface area contributed by atoms with E-state index in [1.165, 1.54) is 47.3 Å². The van der Waals surface area contributed by atoms with E-state index < -0.39 is 0 Å². The second kappa shape index (κ2) is 8.97. The predicted octanol–water partition coefficient (Wildman–Crippen LogP) is 5.69. The largest absolute Gasteiger partial charge is 0.459 e. The van der Waals surface area contributed by atoms with Crippen molar-refractivity contribution >= 4 is 22.2 Å². The van der Waals surface area contributed by atoms with Gasteiger partial charge in [-0.1, -0.05) is 6.92 Å². The first-order valence-electron chi connectivity index (χ1n) is 11.3. The van der Waals surface area contributed by atoms with Gasteiger partial charge in [-0.25, -0.2) is 0 Å². The van der Waals surface area contributed by atoms with Gasteiger partial charge in [0.25, 0.3) is 5.91 Å². The summed E-state index contributed by atoms with van der Waals surface area (Å²) in [4.78, 5) is 21.2. The molecule has 5 rings (SSSR count). The van der Waals surface area contributed by atoms with Gasteiger partial charge in [-0.3, -0.25) is 14.7 Å². The summed E-state index contributed by atoms with van der Waals surface area (Å²) in [7, 11) is 0. The fourth-order valence-corrected chi connectivity index (χ4v) is 6.25. The van der Waals surface area contributed by atoms with Crippen LogP contribution in [-0.2, 0) is 12.8 Å². The number of rotatable bonds is 5. The van der Waals surface area contributed by atoms with Crippen molar-refractivity contribution in [3.05, 3.63) is 70.3 Å². The van der Waals surface area contributed by atoms with Gasteiger partial charge in [0, 0.05) is 22.8 Å². The number of nitrogens with zero attached hydrogens (tertiary/aromatic N) is 2. The van der Waals surface area contributed by atoms with Crippen molar-refractivity contribution in [3.8, 4) is 0 Å². The zero-order chi connectivity index (χ0) is 21.2. The third kappa shape index (κ3) is 4.19. The molecule has 2 aliphatic rings. The summed E-state index contributed by atoms with van der Waals surface area (Å²) >= 11 is 1.76. The highest BCUT2D eigenvalue weighted by atomic mass is 32.1. The molecule has 0 spiro atoms. The Labute approximate surface area is 187 Å². The molecule has 0 aromatic carbocycles. The van der Waals surface area contributed by atoms with E-state index in [-0.39, 0.29) is 11.9 Å². The minimum absolute atomic E-state index is 0.139. The number of aryl methyl sites for hydroxylation is 1. The van der Waals surface area contributed by atoms with Gasteiger partial charge in [-0.2, -0.15) is 0 Å². The maximum Gasteiger partial charge on any atom is 0.291 e. The van der Waals surface area contributed by atoms with E-state index in [0.717, 1.165) is 36.9 Å². The van der Waals surface area contributed by atoms with Crippen LogP contribution in [0.3, 0.4) is 0 Å². The number of piperidine rings is 1. The van der Waals surface area contributed by atoms with Crippen molar-refractivity contribution in [1.29, 1.82) is 0 Å². The maximum absolute atomic E-state index is 12.9. The Balaban J connectivity index is 1.59. The molecule has 1 N–H and O–H groups in total. The number of hydrogen-bond acceptors (Lipinski definition) is 5. The molecule has 162 valence electrons. The average Bonchev–Trinajstić information content (AvgIpc) is 3.45. The zero-order valence-electron chi connectivity index (χ0n) is 18.0. The molecule has 1 amide bonds. The quantitative estimate of drug-likeness (QED) is 0.559. The van der Waals surface area contributed by atoms with Gasteiger partial charge in [-0.05, 0) is 92.9 Å². The number of thiophene rings is 1. The van der Waals surface area contributed by atoms with Crippen LogP contribution in [0.2, 0.25) is 0 Å². The third-order valence-corrected chi connectivity index (χ3v) is 7.89. The highest BCUT2D eigenvalue weighted by Crippen LogP contribution is 2.46. The lowest BCUT2D eigenvalue weighted by molar-refractivity contribution is 0.0996. The molecule has 1 aliphatic carbocycles. The van der Waals surface area contributed by atoms with Gasteiger partial charge in [0.1, 0.15) is 5.00 Å². The van der Waals surface area contributed by atoms with E-state index in [0.29, 0.717) is 5.76 Å². The number of carbonyl (C=O) groups is 1. The van der Waals surface area contributed by atoms with E-state index in [2.05, 4.69) is 34.3 Å². The number of hydrogen-bond donors (Lipinski definition) is 1. The molecule has 0 saturated carbocycles. The molecule has 1 atom stereocenters. The van der Waals surface area contributed by atoms with Gasteiger partial charge in [0.2, 0.25) is 0 Å². The Morgan fingerprint density at radius 3 is 2.71 bits per heavy atom. The summed E-state index contributed by atoms with van der Waals surface area (Å²) in [6.45, 7) is 4.49. The van der Waals surface area contributed by atoms with Crippen LogP contribution in [-0.4, -0.2) is 28.9 Å². The number of carbonyl (C=O) groups excluding carboxylic acids is 1. The van der Waals surface area contributed by atoms with Crippen LogP contribution >= 0.6 is 11.3 Å². The number of furan rings is 1. The molecule has 1 saturated heterocycles. The number of aromatic nitrogens is 1. The Bertz CT molecular complexity index is 1020. The smallest absolute Gasteiger partial charge is 0.291 e. The zero-order valence-corrected chi connectivity index (χ0v) is 18.8. The van der Waals surface area contributed by atoms with Gasteiger partial charge >= 0.3 is 0 Å². The Morgan fingerprint density at radius 1 is 1.19 bits per heavy atom. The second-order valence-corrected chi connectivity index (χ2v) is 9.89. The number of pyridine rings is 1. The SMILES string of the molecule is CC1CCN(C(c2ccncc2)c2c(NC(=O)c3ccco3)sc3c2CCCC3)CC1. The third-order valence-electron chi connectivity index (χ3n) is 6.66. The Morgan fingerprint density at radius 2 is 1.97 bits per heavy atom. The second-order valence-electron chi connectivity index (χ2n) is 8.79. The van der Waals surface area contributed by atoms with Gasteiger partial charge in [0.15, 0.2) is 5.76 Å². The first-order valence-corrected chi connectivity index (χ1v) is 12.2. The van der Waals surface area contributed by atoms with Crippen molar-refractivity contribution < 1.29 is 9.21 Å². The molecule has 0 radical (unpaired) electrons. The Hall–Kier alpha value is -2.44. The first-order chi connectivity index (χ1) is 15.2. The van der Waals surface area contributed by atoms with E-state index in [9.17, 15) is 4.79 Å². The van der Waals surface area contributed by atoms with E-state index >= 15 is 0 Å². The van der Waals surface area contributed by atoms with Crippen LogP contribution < -0.4 is 5.32 Å². The van der Waals surface area contributed by atoms with Crippen molar-refractivity contribution in [3.63, 3.8) is 0 Å². The molecule has 5 nitrogen and oxygen atoms in total. The maximum atomic E-state index is 12.9. The summed E-state index contributed by atoms with van der Waals surface area (Å²) in [5, 5.41) is 4.19. The van der Waals surface area contributed by atoms with E-state index in [1.807, 2.05) is 12.4 Å². The molecule has 31 heavy (non-hydrogen) atoms. The topological polar surface area (TPSA) is 58.4 Å². The monoisotopic (exact) mass is 435 g/mol. The lowest BCUT2D eigenvalue weighted by Crippen LogP contribution is -2.37. The fraction of sp³-hybridized carbons (Fsp3) is 0.440. The summed E-state index contributed by atoms with van der Waals surface area (Å²) in [5.41, 5.74) is 4.00. The lowest BCUT2D eigenvalue weighted by atomic mass is 9.87. The molecule has 1 unspecified atom stereocenters. The first kappa shape index (κ1) is 20.5. The van der Waals surface area contributed by atoms with Crippen LogP contribution in [0.15, 0.2) is 47.3 Å². The molecule has 4 heterocycles. The number of fused-ring (bicyclic) bond motifs is 1. The number of nitrogens with one attached hydrogen (secondary N) is 1. The van der Waals surface area contributed by atoms with Crippen molar-refractivity contribution in [2.24, 2.45) is 5.92 Å². The molecule has 6 heteroatoms. The molecular formula is C25H29N3O2S. The molecular weight excluding hydrogens is 406 g/mol. The fourth-order valence-electron chi connectivity index (χ4n) is 4.94. The Kier molecular flexibility index (Phi) is 5.92. The van der Waals surface area contributed by atoms with Gasteiger partial charge in [-0.15, -0.1) is 11.3 Å². The minimum atomic E-state index is -0.175. The van der Waals surface area contributed by atoms with E-state index in [4.69, 9.17) is 4.42 Å². The van der Waals surface area contributed by atoms with E-state index in [1.54, 1.807) is 29.7 Å². The molecule has 3 aromatic rings. The van der Waals surface area contributed by atoms with Crippen molar-refractivity contribution in [2.45, 2.75) is 51.5 Å². The van der Waals surface area contributed by atoms with Crippen molar-refractivity contribution in [2.75, 3.05) is 18.4 Å². The van der Waals surface area contributed by atoms with Crippen LogP contribution in [0.1, 0.15) is 70.8 Å². The normalized spacial score (nSPS) is 18.5. The standard InChI is InChI=1S/C25H29N3O2S/c1-17-10-14-28(15-11-17)23(18-8-12-26-13-9-18)22-19-5-2-3-7-21(19)31-25(22)27-24(29)20-6-4-16-30-20/h4,6,8-9,12-13,16-17,23H,2-3,5,7,10-11,14-15H2,1H3,(H,27,29). The molecule has 1 fully saturated rings. The molecule has 1 aliphatic heterocycles. The molecule has 0 bridgehead atoms. The van der Waals surface area contributed by atoms with Crippen LogP contribution in [0.5, 0.6) is 0 Å². The highest BCUT2D eigenvalue weighted by molar-refractivity contribution is 7.16. The number of anilines is 1. The van der Waals surface area contributed by atoms with Gasteiger partial charge < -0.3 is 9.73 Å².